The van der Waals surface area contributed by atoms with Gasteiger partial charge in [0.2, 0.25) is 0 Å². The molecule has 0 saturated heterocycles. The lowest BCUT2D eigenvalue weighted by Crippen LogP contribution is -2.27. The Morgan fingerprint density at radius 1 is 1.50 bits per heavy atom. The fourth-order valence-corrected chi connectivity index (χ4v) is 0.548. The van der Waals surface area contributed by atoms with E-state index in [9.17, 15) is 0 Å². The highest BCUT2D eigenvalue weighted by Gasteiger charge is 1.87. The van der Waals surface area contributed by atoms with Crippen molar-refractivity contribution in [3.05, 3.63) is 37.1 Å². The summed E-state index contributed by atoms with van der Waals surface area (Å²) in [7, 11) is 0. The molecule has 0 aromatic rings. The van der Waals surface area contributed by atoms with Crippen molar-refractivity contribution in [3.63, 3.8) is 0 Å². The number of nitrogens with one attached hydrogen (secondary N) is 1. The Bertz CT molecular complexity index is 182. The first-order valence-corrected chi connectivity index (χ1v) is 3.13. The first-order valence-electron chi connectivity index (χ1n) is 2.72. The second-order valence-corrected chi connectivity index (χ2v) is 1.99. The van der Waals surface area contributed by atoms with E-state index >= 15 is 0 Å². The summed E-state index contributed by atoms with van der Waals surface area (Å²) >= 11 is 4.60. The molecule has 0 amide bonds. The van der Waals surface area contributed by atoms with Crippen LogP contribution < -0.4 is 11.1 Å². The Balaban J connectivity index is 4.08. The molecular formula is C7H10N2S. The van der Waals surface area contributed by atoms with Gasteiger partial charge in [0.25, 0.3) is 0 Å². The zero-order valence-electron chi connectivity index (χ0n) is 5.63. The molecule has 0 heterocycles. The normalized spacial score (nSPS) is 10.2. The lowest BCUT2D eigenvalue weighted by atomic mass is 10.4. The maximum absolute atomic E-state index is 5.20. The van der Waals surface area contributed by atoms with Crippen LogP contribution in [0.2, 0.25) is 0 Å². The van der Waals surface area contributed by atoms with Crippen molar-refractivity contribution in [2.75, 3.05) is 0 Å². The molecule has 0 aromatic carbocycles. The molecule has 0 saturated carbocycles. The van der Waals surface area contributed by atoms with Crippen molar-refractivity contribution >= 4 is 17.3 Å². The first-order chi connectivity index (χ1) is 4.70. The number of rotatable bonds is 3. The van der Waals surface area contributed by atoms with Crippen LogP contribution in [0.1, 0.15) is 0 Å². The zero-order chi connectivity index (χ0) is 7.98. The Morgan fingerprint density at radius 3 is 2.40 bits per heavy atom. The first kappa shape index (κ1) is 8.91. The monoisotopic (exact) mass is 154 g/mol. The molecule has 0 atom stereocenters. The molecule has 3 heteroatoms. The second kappa shape index (κ2) is 4.76. The molecule has 0 aromatic heterocycles. The number of hydrogen-bond acceptors (Lipinski definition) is 1. The minimum Gasteiger partial charge on any atom is -0.376 e. The van der Waals surface area contributed by atoms with E-state index in [1.807, 2.05) is 0 Å². The summed E-state index contributed by atoms with van der Waals surface area (Å²) in [6, 6.07) is 0. The van der Waals surface area contributed by atoms with E-state index in [0.29, 0.717) is 0 Å². The summed E-state index contributed by atoms with van der Waals surface area (Å²) in [6.45, 7) is 7.05. The van der Waals surface area contributed by atoms with Crippen LogP contribution in [0.3, 0.4) is 0 Å². The fourth-order valence-electron chi connectivity index (χ4n) is 0.430. The molecule has 0 spiro atoms. The third-order valence-electron chi connectivity index (χ3n) is 0.785. The maximum atomic E-state index is 5.20. The van der Waals surface area contributed by atoms with Crippen molar-refractivity contribution in [3.8, 4) is 0 Å². The predicted molar refractivity (Wildman–Crippen MR) is 48.4 cm³/mol. The molecule has 0 unspecified atom stereocenters. The van der Waals surface area contributed by atoms with Gasteiger partial charge in [0, 0.05) is 5.70 Å². The molecule has 2 nitrogen and oxygen atoms in total. The molecule has 0 bridgehead atoms. The number of allylic oxidation sites excluding steroid dienone is 3. The van der Waals surface area contributed by atoms with Crippen molar-refractivity contribution in [1.82, 2.24) is 5.32 Å². The lowest BCUT2D eigenvalue weighted by molar-refractivity contribution is 1.19. The van der Waals surface area contributed by atoms with Gasteiger partial charge >= 0.3 is 0 Å². The molecule has 0 radical (unpaired) electrons. The highest BCUT2D eigenvalue weighted by molar-refractivity contribution is 7.80. The van der Waals surface area contributed by atoms with Gasteiger partial charge in [0.15, 0.2) is 5.11 Å². The average Bonchev–Trinajstić information content (AvgIpc) is 1.86. The summed E-state index contributed by atoms with van der Waals surface area (Å²) in [4.78, 5) is 0. The third kappa shape index (κ3) is 3.86. The van der Waals surface area contributed by atoms with Gasteiger partial charge in [-0.3, -0.25) is 0 Å². The van der Waals surface area contributed by atoms with Gasteiger partial charge in [0.1, 0.15) is 0 Å². The Labute approximate surface area is 66.1 Å². The van der Waals surface area contributed by atoms with Gasteiger partial charge in [-0.2, -0.15) is 0 Å². The third-order valence-corrected chi connectivity index (χ3v) is 0.887. The summed E-state index contributed by atoms with van der Waals surface area (Å²) in [6.07, 6.45) is 4.97. The summed E-state index contributed by atoms with van der Waals surface area (Å²) in [5.74, 6) is 0. The van der Waals surface area contributed by atoms with Gasteiger partial charge in [0.05, 0.1) is 0 Å². The van der Waals surface area contributed by atoms with Crippen molar-refractivity contribution in [1.29, 1.82) is 0 Å². The minimum atomic E-state index is 0.230. The fraction of sp³-hybridized carbons (Fsp3) is 0. The number of hydrogen-bond donors (Lipinski definition) is 2. The average molecular weight is 154 g/mol. The van der Waals surface area contributed by atoms with Crippen LogP contribution in [0.25, 0.3) is 0 Å². The van der Waals surface area contributed by atoms with E-state index in [1.54, 1.807) is 18.2 Å². The zero-order valence-corrected chi connectivity index (χ0v) is 6.45. The number of thiocarbonyl (C=S) groups is 1. The molecule has 0 aliphatic rings. The summed E-state index contributed by atoms with van der Waals surface area (Å²) in [5.41, 5.74) is 5.95. The van der Waals surface area contributed by atoms with Crippen LogP contribution in [-0.2, 0) is 0 Å². The summed E-state index contributed by atoms with van der Waals surface area (Å²) < 4.78 is 0. The Morgan fingerprint density at radius 2 is 2.10 bits per heavy atom. The largest absolute Gasteiger partial charge is 0.376 e. The van der Waals surface area contributed by atoms with Crippen molar-refractivity contribution in [2.24, 2.45) is 5.73 Å². The molecule has 10 heavy (non-hydrogen) atoms. The molecule has 54 valence electrons. The lowest BCUT2D eigenvalue weighted by Gasteiger charge is -2.01. The van der Waals surface area contributed by atoms with Crippen LogP contribution >= 0.6 is 12.2 Å². The highest BCUT2D eigenvalue weighted by Crippen LogP contribution is 1.88. The molecule has 0 fully saturated rings. The summed E-state index contributed by atoms with van der Waals surface area (Å²) in [5, 5.41) is 2.94. The van der Waals surface area contributed by atoms with E-state index in [2.05, 4.69) is 30.7 Å². The van der Waals surface area contributed by atoms with Crippen LogP contribution in [0, 0.1) is 0 Å². The van der Waals surface area contributed by atoms with Gasteiger partial charge in [-0.05, 0) is 24.4 Å². The molecule has 0 aliphatic carbocycles. The van der Waals surface area contributed by atoms with Crippen LogP contribution in [-0.4, -0.2) is 5.11 Å². The SMILES string of the molecule is C=CC=C(C=C)NC(N)=S. The molecular weight excluding hydrogens is 144 g/mol. The quantitative estimate of drug-likeness (QED) is 0.472. The van der Waals surface area contributed by atoms with Gasteiger partial charge in [-0.1, -0.05) is 19.2 Å². The topological polar surface area (TPSA) is 38.0 Å². The predicted octanol–water partition coefficient (Wildman–Crippen LogP) is 1.08. The molecule has 3 N–H and O–H groups in total. The van der Waals surface area contributed by atoms with Crippen molar-refractivity contribution in [2.45, 2.75) is 0 Å². The molecule has 0 rings (SSSR count). The second-order valence-electron chi connectivity index (χ2n) is 1.55. The van der Waals surface area contributed by atoms with E-state index in [0.717, 1.165) is 5.70 Å². The van der Waals surface area contributed by atoms with E-state index in [1.165, 1.54) is 0 Å². The van der Waals surface area contributed by atoms with Gasteiger partial charge in [-0.25, -0.2) is 0 Å². The highest BCUT2D eigenvalue weighted by atomic mass is 32.1. The Hall–Kier alpha value is -1.09. The number of nitrogens with two attached hydrogens (primary N) is 1. The maximum Gasteiger partial charge on any atom is 0.168 e. The van der Waals surface area contributed by atoms with E-state index in [4.69, 9.17) is 5.73 Å². The van der Waals surface area contributed by atoms with Crippen LogP contribution in [0.4, 0.5) is 0 Å². The van der Waals surface area contributed by atoms with Gasteiger partial charge < -0.3 is 11.1 Å². The molecule has 0 aliphatic heterocycles. The van der Waals surface area contributed by atoms with E-state index < -0.39 is 0 Å². The van der Waals surface area contributed by atoms with Gasteiger partial charge in [-0.15, -0.1) is 0 Å². The smallest absolute Gasteiger partial charge is 0.168 e. The van der Waals surface area contributed by atoms with E-state index in [-0.39, 0.29) is 5.11 Å². The van der Waals surface area contributed by atoms with Crippen LogP contribution in [0.15, 0.2) is 37.1 Å². The van der Waals surface area contributed by atoms with Crippen LogP contribution in [0.5, 0.6) is 0 Å². The minimum absolute atomic E-state index is 0.230. The Kier molecular flexibility index (Phi) is 4.24. The standard InChI is InChI=1S/C7H10N2S/c1-3-5-6(4-2)9-7(8)10/h3-5H,1-2H2,(H3,8,9,10). The van der Waals surface area contributed by atoms with Crippen molar-refractivity contribution < 1.29 is 0 Å².